The molecule has 1 aromatic carbocycles. The second kappa shape index (κ2) is 5.86. The van der Waals surface area contributed by atoms with Crippen LogP contribution in [0.1, 0.15) is 30.9 Å². The van der Waals surface area contributed by atoms with Crippen LogP contribution in [0.3, 0.4) is 0 Å². The summed E-state index contributed by atoms with van der Waals surface area (Å²) >= 11 is 0. The van der Waals surface area contributed by atoms with Gasteiger partial charge in [-0.15, -0.1) is 0 Å². The van der Waals surface area contributed by atoms with E-state index in [9.17, 15) is 4.39 Å². The molecule has 0 radical (unpaired) electrons. The van der Waals surface area contributed by atoms with Gasteiger partial charge in [0.1, 0.15) is 23.8 Å². The van der Waals surface area contributed by atoms with Gasteiger partial charge < -0.3 is 10.6 Å². The number of nitrogen functional groups attached to an aromatic ring is 1. The van der Waals surface area contributed by atoms with Gasteiger partial charge in [-0.2, -0.15) is 0 Å². The molecule has 0 bridgehead atoms. The Morgan fingerprint density at radius 2 is 1.95 bits per heavy atom. The molecule has 0 unspecified atom stereocenters. The topological polar surface area (TPSA) is 55.0 Å². The van der Waals surface area contributed by atoms with Crippen molar-refractivity contribution < 1.29 is 4.39 Å². The van der Waals surface area contributed by atoms with Crippen LogP contribution in [0.4, 0.5) is 16.0 Å². The molecular weight excluding hydrogens is 255 g/mol. The highest BCUT2D eigenvalue weighted by Crippen LogP contribution is 2.29. The molecule has 0 aliphatic heterocycles. The van der Waals surface area contributed by atoms with Crippen molar-refractivity contribution in [2.75, 3.05) is 17.7 Å². The van der Waals surface area contributed by atoms with Crippen LogP contribution < -0.4 is 10.6 Å². The first-order valence-corrected chi connectivity index (χ1v) is 6.55. The molecule has 0 saturated carbocycles. The maximum absolute atomic E-state index is 13.7. The van der Waals surface area contributed by atoms with Crippen molar-refractivity contribution in [3.05, 3.63) is 47.5 Å². The van der Waals surface area contributed by atoms with Crippen LogP contribution in [0.5, 0.6) is 0 Å². The number of benzene rings is 1. The highest BCUT2D eigenvalue weighted by molar-refractivity contribution is 5.58. The lowest BCUT2D eigenvalue weighted by molar-refractivity contribution is 0.607. The number of nitrogens with two attached hydrogens (primary N) is 1. The van der Waals surface area contributed by atoms with Gasteiger partial charge in [0, 0.05) is 24.7 Å². The largest absolute Gasteiger partial charge is 0.383 e. The first-order chi connectivity index (χ1) is 9.50. The van der Waals surface area contributed by atoms with Crippen LogP contribution in [0.15, 0.2) is 30.6 Å². The van der Waals surface area contributed by atoms with Crippen LogP contribution in [-0.4, -0.2) is 17.0 Å². The summed E-state index contributed by atoms with van der Waals surface area (Å²) < 4.78 is 13.7. The standard InChI is InChI=1S/C15H19FN4/c1-10(2)13-14(17)18-9-19-15(13)20(3)8-11-6-4-5-7-12(11)16/h4-7,9-10H,8H2,1-3H3,(H2,17,18,19). The Kier molecular flexibility index (Phi) is 4.17. The number of rotatable bonds is 4. The van der Waals surface area contributed by atoms with Gasteiger partial charge in [0.2, 0.25) is 0 Å². The Bertz CT molecular complexity index is 598. The maximum atomic E-state index is 13.7. The highest BCUT2D eigenvalue weighted by atomic mass is 19.1. The molecule has 2 N–H and O–H groups in total. The molecule has 2 rings (SSSR count). The smallest absolute Gasteiger partial charge is 0.137 e. The minimum absolute atomic E-state index is 0.203. The lowest BCUT2D eigenvalue weighted by Gasteiger charge is -2.23. The van der Waals surface area contributed by atoms with Crippen LogP contribution in [0, 0.1) is 5.82 Å². The highest BCUT2D eigenvalue weighted by Gasteiger charge is 2.17. The summed E-state index contributed by atoms with van der Waals surface area (Å²) in [6.07, 6.45) is 1.44. The molecule has 20 heavy (non-hydrogen) atoms. The normalized spacial score (nSPS) is 10.8. The van der Waals surface area contributed by atoms with Gasteiger partial charge >= 0.3 is 0 Å². The average molecular weight is 274 g/mol. The van der Waals surface area contributed by atoms with Crippen molar-refractivity contribution in [3.8, 4) is 0 Å². The number of hydrogen-bond acceptors (Lipinski definition) is 4. The number of nitrogens with zero attached hydrogens (tertiary/aromatic N) is 3. The number of aromatic nitrogens is 2. The molecule has 4 nitrogen and oxygen atoms in total. The third-order valence-corrected chi connectivity index (χ3v) is 3.20. The molecular formula is C15H19FN4. The Labute approximate surface area is 118 Å². The van der Waals surface area contributed by atoms with Gasteiger partial charge in [-0.3, -0.25) is 0 Å². The summed E-state index contributed by atoms with van der Waals surface area (Å²) in [5.41, 5.74) is 7.45. The summed E-state index contributed by atoms with van der Waals surface area (Å²) in [6, 6.07) is 6.73. The van der Waals surface area contributed by atoms with Crippen molar-refractivity contribution >= 4 is 11.6 Å². The molecule has 0 atom stereocenters. The molecule has 1 aromatic heterocycles. The van der Waals surface area contributed by atoms with E-state index in [1.165, 1.54) is 12.4 Å². The van der Waals surface area contributed by atoms with E-state index in [4.69, 9.17) is 5.73 Å². The Morgan fingerprint density at radius 1 is 1.25 bits per heavy atom. The number of halogens is 1. The third-order valence-electron chi connectivity index (χ3n) is 3.20. The third kappa shape index (κ3) is 2.87. The summed E-state index contributed by atoms with van der Waals surface area (Å²) in [6.45, 7) is 4.51. The second-order valence-corrected chi connectivity index (χ2v) is 5.10. The summed E-state index contributed by atoms with van der Waals surface area (Å²) in [5, 5.41) is 0. The Morgan fingerprint density at radius 3 is 2.60 bits per heavy atom. The predicted molar refractivity (Wildman–Crippen MR) is 79.0 cm³/mol. The van der Waals surface area contributed by atoms with Crippen molar-refractivity contribution in [3.63, 3.8) is 0 Å². The summed E-state index contributed by atoms with van der Waals surface area (Å²) in [7, 11) is 1.88. The van der Waals surface area contributed by atoms with E-state index < -0.39 is 0 Å². The lowest BCUT2D eigenvalue weighted by atomic mass is 10.0. The summed E-state index contributed by atoms with van der Waals surface area (Å²) in [4.78, 5) is 10.2. The molecule has 1 heterocycles. The first kappa shape index (κ1) is 14.2. The number of hydrogen-bond donors (Lipinski definition) is 1. The Hall–Kier alpha value is -2.17. The van der Waals surface area contributed by atoms with Gasteiger partial charge in [-0.05, 0) is 12.0 Å². The molecule has 0 aliphatic rings. The van der Waals surface area contributed by atoms with Gasteiger partial charge in [-0.1, -0.05) is 32.0 Å². The Balaban J connectivity index is 2.33. The molecule has 0 spiro atoms. The van der Waals surface area contributed by atoms with E-state index >= 15 is 0 Å². The number of anilines is 2. The first-order valence-electron chi connectivity index (χ1n) is 6.55. The van der Waals surface area contributed by atoms with Crippen molar-refractivity contribution in [1.82, 2.24) is 9.97 Å². The van der Waals surface area contributed by atoms with Gasteiger partial charge in [0.15, 0.2) is 0 Å². The fourth-order valence-corrected chi connectivity index (χ4v) is 2.21. The molecule has 2 aromatic rings. The second-order valence-electron chi connectivity index (χ2n) is 5.10. The molecule has 0 aliphatic carbocycles. The van der Waals surface area contributed by atoms with Crippen molar-refractivity contribution in [2.45, 2.75) is 26.3 Å². The van der Waals surface area contributed by atoms with E-state index in [0.29, 0.717) is 17.9 Å². The van der Waals surface area contributed by atoms with Crippen molar-refractivity contribution in [1.29, 1.82) is 0 Å². The van der Waals surface area contributed by atoms with Crippen LogP contribution in [0.25, 0.3) is 0 Å². The zero-order valence-electron chi connectivity index (χ0n) is 12.0. The maximum Gasteiger partial charge on any atom is 0.137 e. The molecule has 0 amide bonds. The van der Waals surface area contributed by atoms with Crippen LogP contribution in [-0.2, 0) is 6.54 Å². The van der Waals surface area contributed by atoms with Gasteiger partial charge in [0.25, 0.3) is 0 Å². The fourth-order valence-electron chi connectivity index (χ4n) is 2.21. The van der Waals surface area contributed by atoms with E-state index in [1.54, 1.807) is 12.1 Å². The SMILES string of the molecule is CC(C)c1c(N)ncnc1N(C)Cc1ccccc1F. The minimum atomic E-state index is -0.215. The predicted octanol–water partition coefficient (Wildman–Crippen LogP) is 2.96. The molecule has 0 saturated heterocycles. The minimum Gasteiger partial charge on any atom is -0.383 e. The zero-order valence-corrected chi connectivity index (χ0v) is 12.0. The van der Waals surface area contributed by atoms with E-state index in [1.807, 2.05) is 31.9 Å². The average Bonchev–Trinajstić information content (AvgIpc) is 2.40. The monoisotopic (exact) mass is 274 g/mol. The van der Waals surface area contributed by atoms with Gasteiger partial charge in [-0.25, -0.2) is 14.4 Å². The molecule has 5 heteroatoms. The van der Waals surface area contributed by atoms with E-state index in [2.05, 4.69) is 9.97 Å². The zero-order chi connectivity index (χ0) is 14.7. The molecule has 0 fully saturated rings. The van der Waals surface area contributed by atoms with Crippen LogP contribution >= 0.6 is 0 Å². The lowest BCUT2D eigenvalue weighted by Crippen LogP contribution is -2.21. The fraction of sp³-hybridized carbons (Fsp3) is 0.333. The van der Waals surface area contributed by atoms with Crippen LogP contribution in [0.2, 0.25) is 0 Å². The molecule has 106 valence electrons. The van der Waals surface area contributed by atoms with Gasteiger partial charge in [0.05, 0.1) is 0 Å². The quantitative estimate of drug-likeness (QED) is 0.931. The van der Waals surface area contributed by atoms with Crippen molar-refractivity contribution in [2.24, 2.45) is 0 Å². The van der Waals surface area contributed by atoms with E-state index in [0.717, 1.165) is 11.4 Å². The summed E-state index contributed by atoms with van der Waals surface area (Å²) in [5.74, 6) is 1.21. The van der Waals surface area contributed by atoms with E-state index in [-0.39, 0.29) is 11.7 Å².